The molecule has 236 valence electrons. The number of halogens is 3. The van der Waals surface area contributed by atoms with E-state index in [1.165, 1.54) is 19.1 Å². The van der Waals surface area contributed by atoms with E-state index in [9.17, 15) is 23.3 Å². The number of thioether (sulfide) groups is 1. The van der Waals surface area contributed by atoms with Crippen LogP contribution in [0.25, 0.3) is 0 Å². The van der Waals surface area contributed by atoms with Crippen molar-refractivity contribution in [2.45, 2.75) is 84.6 Å². The van der Waals surface area contributed by atoms with E-state index in [2.05, 4.69) is 0 Å². The number of hydrogen-bond donors (Lipinski definition) is 0. The maximum absolute atomic E-state index is 18.1. The number of ether oxygens (including phenoxy) is 2. The molecular formula is C29H40F3O8PS. The molecule has 0 aromatic carbocycles. The highest BCUT2D eigenvalue weighted by molar-refractivity contribution is 8.13. The lowest BCUT2D eigenvalue weighted by Crippen LogP contribution is -2.70. The van der Waals surface area contributed by atoms with Crippen LogP contribution >= 0.6 is 19.4 Å². The molecule has 8 atom stereocenters. The summed E-state index contributed by atoms with van der Waals surface area (Å²) in [6.07, 6.45) is -0.148. The van der Waals surface area contributed by atoms with E-state index in [1.54, 1.807) is 27.7 Å². The van der Waals surface area contributed by atoms with Gasteiger partial charge in [-0.25, -0.2) is 13.2 Å². The van der Waals surface area contributed by atoms with Crippen molar-refractivity contribution in [2.24, 2.45) is 28.6 Å². The zero-order chi connectivity index (χ0) is 31.3. The number of allylic oxidation sites excluding steroid dienone is 4. The van der Waals surface area contributed by atoms with E-state index in [1.807, 2.05) is 0 Å². The zero-order valence-corrected chi connectivity index (χ0v) is 26.6. The molecule has 0 spiro atoms. The second kappa shape index (κ2) is 11.8. The lowest BCUT2D eigenvalue weighted by atomic mass is 9.45. The summed E-state index contributed by atoms with van der Waals surface area (Å²) < 4.78 is 83.9. The topological polar surface area (TPSA) is 105 Å². The van der Waals surface area contributed by atoms with Crippen molar-refractivity contribution in [1.29, 1.82) is 0 Å². The summed E-state index contributed by atoms with van der Waals surface area (Å²) in [6, 6.07) is -1.06. The monoisotopic (exact) mass is 636 g/mol. The Morgan fingerprint density at radius 2 is 1.81 bits per heavy atom. The van der Waals surface area contributed by atoms with Crippen molar-refractivity contribution in [2.75, 3.05) is 25.6 Å². The largest absolute Gasteiger partial charge is 0.459 e. The van der Waals surface area contributed by atoms with Crippen LogP contribution in [0.3, 0.4) is 0 Å². The van der Waals surface area contributed by atoms with Gasteiger partial charge in [0, 0.05) is 36.5 Å². The van der Waals surface area contributed by atoms with Crippen LogP contribution in [0.2, 0.25) is 0 Å². The minimum absolute atomic E-state index is 0.0292. The maximum Gasteiger partial charge on any atom is 0.356 e. The fraction of sp³-hybridized carbons (Fsp3) is 0.759. The first-order valence-electron chi connectivity index (χ1n) is 14.3. The summed E-state index contributed by atoms with van der Waals surface area (Å²) in [5.41, 5.74) is -7.03. The predicted molar refractivity (Wildman–Crippen MR) is 151 cm³/mol. The minimum atomic E-state index is -3.85. The van der Waals surface area contributed by atoms with E-state index >= 15 is 8.78 Å². The minimum Gasteiger partial charge on any atom is -0.459 e. The Hall–Kier alpha value is -1.46. The predicted octanol–water partition coefficient (Wildman–Crippen LogP) is 6.64. The average molecular weight is 637 g/mol. The lowest BCUT2D eigenvalue weighted by Gasteiger charge is -2.62. The van der Waals surface area contributed by atoms with Gasteiger partial charge in [-0.1, -0.05) is 31.7 Å². The van der Waals surface area contributed by atoms with Crippen molar-refractivity contribution < 1.29 is 50.6 Å². The Morgan fingerprint density at radius 3 is 2.38 bits per heavy atom. The van der Waals surface area contributed by atoms with Crippen LogP contribution in [0.4, 0.5) is 13.2 Å². The van der Waals surface area contributed by atoms with Gasteiger partial charge in [-0.05, 0) is 57.1 Å². The number of esters is 1. The van der Waals surface area contributed by atoms with Gasteiger partial charge in [0.05, 0.1) is 13.2 Å². The highest BCUT2D eigenvalue weighted by Gasteiger charge is 2.78. The molecule has 4 aliphatic rings. The van der Waals surface area contributed by atoms with Gasteiger partial charge in [0.1, 0.15) is 29.9 Å². The fourth-order valence-electron chi connectivity index (χ4n) is 8.43. The van der Waals surface area contributed by atoms with E-state index < -0.39 is 82.8 Å². The third kappa shape index (κ3) is 4.88. The van der Waals surface area contributed by atoms with Gasteiger partial charge in [0.15, 0.2) is 11.5 Å². The molecule has 0 heterocycles. The SMILES string of the molecule is CCOP(=O)(CO[C@]1(C(=O)SCF)[C@H](C)C[C@H]2[C@@H]3CC(F)=C4CC(=O)C=C[C@]4(C)[C@@]3(F)[C@@H](OC(C)=O)C[C@@]21C)OCC. The third-order valence-corrected chi connectivity index (χ3v) is 12.5. The molecule has 0 aromatic heterocycles. The van der Waals surface area contributed by atoms with Crippen molar-refractivity contribution in [3.05, 3.63) is 23.6 Å². The number of carbonyl (C=O) groups is 3. The summed E-state index contributed by atoms with van der Waals surface area (Å²) in [5.74, 6) is -4.16. The average Bonchev–Trinajstić information content (AvgIpc) is 3.12. The molecular weight excluding hydrogens is 596 g/mol. The molecule has 0 bridgehead atoms. The Kier molecular flexibility index (Phi) is 9.40. The molecule has 2 saturated carbocycles. The van der Waals surface area contributed by atoms with Gasteiger partial charge in [-0.15, -0.1) is 0 Å². The van der Waals surface area contributed by atoms with Gasteiger partial charge in [0.2, 0.25) is 5.12 Å². The number of fused-ring (bicyclic) bond motifs is 5. The molecule has 0 aromatic rings. The second-order valence-corrected chi connectivity index (χ2v) is 15.0. The molecule has 0 radical (unpaired) electrons. The first-order chi connectivity index (χ1) is 19.6. The summed E-state index contributed by atoms with van der Waals surface area (Å²) in [5, 5.41) is -0.683. The van der Waals surface area contributed by atoms with E-state index in [0.717, 1.165) is 6.92 Å². The van der Waals surface area contributed by atoms with Crippen molar-refractivity contribution in [1.82, 2.24) is 0 Å². The van der Waals surface area contributed by atoms with Crippen LogP contribution in [-0.2, 0) is 37.5 Å². The second-order valence-electron chi connectivity index (χ2n) is 12.1. The number of alkyl halides is 2. The third-order valence-electron chi connectivity index (χ3n) is 10.1. The fourth-order valence-corrected chi connectivity index (χ4v) is 10.6. The summed E-state index contributed by atoms with van der Waals surface area (Å²) in [7, 11) is -3.85. The quantitative estimate of drug-likeness (QED) is 0.193. The molecule has 42 heavy (non-hydrogen) atoms. The molecule has 4 aliphatic carbocycles. The smallest absolute Gasteiger partial charge is 0.356 e. The molecule has 2 fully saturated rings. The first kappa shape index (κ1) is 33.4. The van der Waals surface area contributed by atoms with Crippen molar-refractivity contribution in [3.8, 4) is 0 Å². The Bertz CT molecular complexity index is 1230. The zero-order valence-electron chi connectivity index (χ0n) is 24.9. The number of ketones is 1. The van der Waals surface area contributed by atoms with E-state index in [4.69, 9.17) is 18.5 Å². The number of carbonyl (C=O) groups excluding carboxylic acids is 3. The molecule has 13 heteroatoms. The highest BCUT2D eigenvalue weighted by Crippen LogP contribution is 2.73. The molecule has 0 aliphatic heterocycles. The highest BCUT2D eigenvalue weighted by atomic mass is 32.2. The summed E-state index contributed by atoms with van der Waals surface area (Å²) in [4.78, 5) is 38.6. The molecule has 4 rings (SSSR count). The van der Waals surface area contributed by atoms with Crippen LogP contribution in [-0.4, -0.2) is 59.8 Å². The van der Waals surface area contributed by atoms with Crippen molar-refractivity contribution in [3.63, 3.8) is 0 Å². The van der Waals surface area contributed by atoms with Crippen LogP contribution < -0.4 is 0 Å². The van der Waals surface area contributed by atoms with Crippen LogP contribution in [0, 0.1) is 28.6 Å². The summed E-state index contributed by atoms with van der Waals surface area (Å²) in [6.45, 7) is 9.40. The van der Waals surface area contributed by atoms with Crippen molar-refractivity contribution >= 4 is 36.2 Å². The Labute approximate surface area is 249 Å². The van der Waals surface area contributed by atoms with Gasteiger partial charge >= 0.3 is 13.6 Å². The Balaban J connectivity index is 1.90. The first-order valence-corrected chi connectivity index (χ1v) is 17.0. The van der Waals surface area contributed by atoms with E-state index in [0.29, 0.717) is 11.8 Å². The molecule has 0 N–H and O–H groups in total. The standard InChI is InChI=1S/C29H40F3O8PS/c1-7-38-41(36,39-8-2)16-37-29(25(35)42-15-30)17(3)11-20-21-13-23(31)22-12-19(34)9-10-26(22,5)28(21,32)24(40-18(4)33)14-27(20,29)6/h9-10,17,20-21,24H,7-8,11-16H2,1-6H3/t17-,20+,21+,24+,26+,27+,28+,29+/m1/s1. The van der Waals surface area contributed by atoms with Gasteiger partial charge in [-0.3, -0.25) is 18.9 Å². The molecule has 0 saturated heterocycles. The van der Waals surface area contributed by atoms with Gasteiger partial charge in [-0.2, -0.15) is 0 Å². The number of hydrogen-bond acceptors (Lipinski definition) is 9. The Morgan fingerprint density at radius 1 is 1.17 bits per heavy atom. The molecule has 0 unspecified atom stereocenters. The van der Waals surface area contributed by atoms with Crippen LogP contribution in [0.5, 0.6) is 0 Å². The van der Waals surface area contributed by atoms with Gasteiger partial charge in [0.25, 0.3) is 0 Å². The van der Waals surface area contributed by atoms with Crippen LogP contribution in [0.15, 0.2) is 23.6 Å². The number of rotatable bonds is 10. The van der Waals surface area contributed by atoms with Gasteiger partial charge < -0.3 is 18.5 Å². The normalized spacial score (nSPS) is 39.5. The lowest BCUT2D eigenvalue weighted by molar-refractivity contribution is -0.230. The maximum atomic E-state index is 18.1. The van der Waals surface area contributed by atoms with Crippen LogP contribution in [0.1, 0.15) is 67.2 Å². The molecule has 8 nitrogen and oxygen atoms in total. The summed E-state index contributed by atoms with van der Waals surface area (Å²) >= 11 is 0.389. The van der Waals surface area contributed by atoms with E-state index in [-0.39, 0.29) is 50.3 Å². The molecule has 0 amide bonds.